The van der Waals surface area contributed by atoms with Crippen LogP contribution in [0.3, 0.4) is 0 Å². The standard InChI is InChI=1S/C9H10N2O3/c1-4-6(8(10)12)3-7(9(13)14)5(2)11-4/h3H,1-2H3,(H2,10,12)(H,13,14). The van der Waals surface area contributed by atoms with E-state index in [-0.39, 0.29) is 11.1 Å². The SMILES string of the molecule is Cc1nc(C)c(C(=O)O)cc1C(N)=O. The van der Waals surface area contributed by atoms with Gasteiger partial charge in [-0.15, -0.1) is 0 Å². The number of hydrogen-bond donors (Lipinski definition) is 2. The van der Waals surface area contributed by atoms with Gasteiger partial charge in [0.1, 0.15) is 0 Å². The summed E-state index contributed by atoms with van der Waals surface area (Å²) in [6.45, 7) is 3.18. The van der Waals surface area contributed by atoms with E-state index in [0.29, 0.717) is 11.4 Å². The molecule has 0 aliphatic rings. The molecule has 3 N–H and O–H groups in total. The molecule has 0 aliphatic carbocycles. The van der Waals surface area contributed by atoms with Crippen molar-refractivity contribution in [1.29, 1.82) is 0 Å². The molecule has 14 heavy (non-hydrogen) atoms. The lowest BCUT2D eigenvalue weighted by Gasteiger charge is -2.05. The van der Waals surface area contributed by atoms with E-state index in [1.807, 2.05) is 0 Å². The number of nitrogens with zero attached hydrogens (tertiary/aromatic N) is 1. The van der Waals surface area contributed by atoms with Crippen molar-refractivity contribution in [2.45, 2.75) is 13.8 Å². The Bertz CT molecular complexity index is 378. The van der Waals surface area contributed by atoms with Crippen molar-refractivity contribution in [3.8, 4) is 0 Å². The predicted molar refractivity (Wildman–Crippen MR) is 49.2 cm³/mol. The predicted octanol–water partition coefficient (Wildman–Crippen LogP) is 0.496. The summed E-state index contributed by atoms with van der Waals surface area (Å²) in [4.78, 5) is 25.5. The van der Waals surface area contributed by atoms with Crippen molar-refractivity contribution >= 4 is 11.9 Å². The Morgan fingerprint density at radius 1 is 1.29 bits per heavy atom. The molecule has 0 atom stereocenters. The van der Waals surface area contributed by atoms with Gasteiger partial charge in [0.05, 0.1) is 22.5 Å². The molecule has 74 valence electrons. The van der Waals surface area contributed by atoms with Crippen LogP contribution in [0.2, 0.25) is 0 Å². The molecule has 5 heteroatoms. The van der Waals surface area contributed by atoms with Gasteiger partial charge >= 0.3 is 5.97 Å². The Hall–Kier alpha value is -1.91. The quantitative estimate of drug-likeness (QED) is 0.716. The number of pyridine rings is 1. The number of aryl methyl sites for hydroxylation is 2. The van der Waals surface area contributed by atoms with Gasteiger partial charge in [-0.3, -0.25) is 9.78 Å². The average molecular weight is 194 g/mol. The maximum atomic E-state index is 10.9. The first-order chi connectivity index (χ1) is 6.43. The van der Waals surface area contributed by atoms with E-state index in [2.05, 4.69) is 4.98 Å². The Morgan fingerprint density at radius 3 is 2.21 bits per heavy atom. The van der Waals surface area contributed by atoms with Gasteiger partial charge in [0.2, 0.25) is 0 Å². The van der Waals surface area contributed by atoms with Crippen molar-refractivity contribution < 1.29 is 14.7 Å². The lowest BCUT2D eigenvalue weighted by atomic mass is 10.1. The Kier molecular flexibility index (Phi) is 2.51. The largest absolute Gasteiger partial charge is 0.478 e. The van der Waals surface area contributed by atoms with E-state index in [1.54, 1.807) is 13.8 Å². The first-order valence-electron chi connectivity index (χ1n) is 3.95. The van der Waals surface area contributed by atoms with Gasteiger partial charge in [-0.05, 0) is 19.9 Å². The molecule has 0 fully saturated rings. The van der Waals surface area contributed by atoms with Gasteiger partial charge in [-0.1, -0.05) is 0 Å². The fourth-order valence-corrected chi connectivity index (χ4v) is 1.19. The number of carbonyl (C=O) groups excluding carboxylic acids is 1. The third-order valence-corrected chi connectivity index (χ3v) is 1.90. The van der Waals surface area contributed by atoms with E-state index in [9.17, 15) is 9.59 Å². The summed E-state index contributed by atoms with van der Waals surface area (Å²) in [5.41, 5.74) is 6.03. The van der Waals surface area contributed by atoms with Gasteiger partial charge in [0.25, 0.3) is 5.91 Å². The molecule has 0 unspecified atom stereocenters. The lowest BCUT2D eigenvalue weighted by Crippen LogP contribution is -2.16. The molecule has 0 saturated heterocycles. The van der Waals surface area contributed by atoms with Crippen LogP contribution >= 0.6 is 0 Å². The molecule has 1 amide bonds. The van der Waals surface area contributed by atoms with Gasteiger partial charge in [-0.25, -0.2) is 4.79 Å². The molecule has 1 aromatic rings. The molecular weight excluding hydrogens is 184 g/mol. The number of carboxylic acids is 1. The minimum Gasteiger partial charge on any atom is -0.478 e. The normalized spacial score (nSPS) is 9.86. The number of aromatic carboxylic acids is 1. The van der Waals surface area contributed by atoms with Crippen molar-refractivity contribution in [3.05, 3.63) is 28.6 Å². The van der Waals surface area contributed by atoms with Crippen LogP contribution < -0.4 is 5.73 Å². The second kappa shape index (κ2) is 3.45. The van der Waals surface area contributed by atoms with Crippen molar-refractivity contribution in [2.24, 2.45) is 5.73 Å². The van der Waals surface area contributed by atoms with Crippen LogP contribution in [-0.4, -0.2) is 22.0 Å². The van der Waals surface area contributed by atoms with Crippen molar-refractivity contribution in [3.63, 3.8) is 0 Å². The number of carbonyl (C=O) groups is 2. The molecule has 0 aliphatic heterocycles. The van der Waals surface area contributed by atoms with E-state index < -0.39 is 11.9 Å². The Morgan fingerprint density at radius 2 is 1.79 bits per heavy atom. The minimum absolute atomic E-state index is 0.00407. The van der Waals surface area contributed by atoms with Crippen molar-refractivity contribution in [1.82, 2.24) is 4.98 Å². The molecule has 0 saturated carbocycles. The zero-order chi connectivity index (χ0) is 10.9. The van der Waals surface area contributed by atoms with Crippen molar-refractivity contribution in [2.75, 3.05) is 0 Å². The highest BCUT2D eigenvalue weighted by atomic mass is 16.4. The van der Waals surface area contributed by atoms with E-state index >= 15 is 0 Å². The van der Waals surface area contributed by atoms with Crippen LogP contribution in [-0.2, 0) is 0 Å². The molecule has 0 bridgehead atoms. The third-order valence-electron chi connectivity index (χ3n) is 1.90. The zero-order valence-corrected chi connectivity index (χ0v) is 7.87. The zero-order valence-electron chi connectivity index (χ0n) is 7.87. The number of rotatable bonds is 2. The molecule has 0 radical (unpaired) electrons. The number of amides is 1. The molecule has 0 spiro atoms. The van der Waals surface area contributed by atoms with E-state index in [4.69, 9.17) is 10.8 Å². The minimum atomic E-state index is -1.11. The number of carboxylic acid groups (broad SMARTS) is 1. The summed E-state index contributed by atoms with van der Waals surface area (Å²) in [5.74, 6) is -1.78. The lowest BCUT2D eigenvalue weighted by molar-refractivity contribution is 0.0695. The van der Waals surface area contributed by atoms with Gasteiger partial charge in [-0.2, -0.15) is 0 Å². The summed E-state index contributed by atoms with van der Waals surface area (Å²) in [5, 5.41) is 8.77. The topological polar surface area (TPSA) is 93.3 Å². The van der Waals surface area contributed by atoms with Crippen LogP contribution in [0.4, 0.5) is 0 Å². The first-order valence-corrected chi connectivity index (χ1v) is 3.95. The molecule has 5 nitrogen and oxygen atoms in total. The summed E-state index contributed by atoms with van der Waals surface area (Å²) in [7, 11) is 0. The highest BCUT2D eigenvalue weighted by Gasteiger charge is 2.14. The fraction of sp³-hybridized carbons (Fsp3) is 0.222. The number of hydrogen-bond acceptors (Lipinski definition) is 3. The Balaban J connectivity index is 3.42. The van der Waals surface area contributed by atoms with Crippen LogP contribution in [0.25, 0.3) is 0 Å². The monoisotopic (exact) mass is 194 g/mol. The Labute approximate surface area is 80.6 Å². The molecule has 1 heterocycles. The number of nitrogens with two attached hydrogens (primary N) is 1. The fourth-order valence-electron chi connectivity index (χ4n) is 1.19. The third kappa shape index (κ3) is 1.71. The van der Waals surface area contributed by atoms with E-state index in [0.717, 1.165) is 0 Å². The van der Waals surface area contributed by atoms with Crippen LogP contribution in [0.1, 0.15) is 32.1 Å². The van der Waals surface area contributed by atoms with E-state index in [1.165, 1.54) is 6.07 Å². The van der Waals surface area contributed by atoms with Crippen LogP contribution in [0.15, 0.2) is 6.07 Å². The number of aromatic nitrogens is 1. The summed E-state index contributed by atoms with van der Waals surface area (Å²) in [6, 6.07) is 1.25. The van der Waals surface area contributed by atoms with Crippen LogP contribution in [0.5, 0.6) is 0 Å². The summed E-state index contributed by atoms with van der Waals surface area (Å²) >= 11 is 0. The number of primary amides is 1. The highest BCUT2D eigenvalue weighted by Crippen LogP contribution is 2.11. The molecule has 1 aromatic heterocycles. The molecule has 1 rings (SSSR count). The summed E-state index contributed by atoms with van der Waals surface area (Å²) < 4.78 is 0. The van der Waals surface area contributed by atoms with Gasteiger partial charge in [0, 0.05) is 0 Å². The highest BCUT2D eigenvalue weighted by molar-refractivity contribution is 5.97. The average Bonchev–Trinajstić information content (AvgIpc) is 2.02. The molecule has 0 aromatic carbocycles. The smallest absolute Gasteiger partial charge is 0.337 e. The second-order valence-corrected chi connectivity index (χ2v) is 2.92. The first kappa shape index (κ1) is 10.2. The maximum absolute atomic E-state index is 10.9. The van der Waals surface area contributed by atoms with Crippen LogP contribution in [0, 0.1) is 13.8 Å². The van der Waals surface area contributed by atoms with Gasteiger partial charge in [0.15, 0.2) is 0 Å². The van der Waals surface area contributed by atoms with Gasteiger partial charge < -0.3 is 10.8 Å². The second-order valence-electron chi connectivity index (χ2n) is 2.92. The molecular formula is C9H10N2O3. The summed E-state index contributed by atoms with van der Waals surface area (Å²) in [6.07, 6.45) is 0. The maximum Gasteiger partial charge on any atom is 0.337 e.